The maximum atomic E-state index is 13.0. The predicted octanol–water partition coefficient (Wildman–Crippen LogP) is 3.80. The number of nitriles is 1. The number of imidazole rings is 1. The molecule has 0 unspecified atom stereocenters. The van der Waals surface area contributed by atoms with Crippen molar-refractivity contribution in [3.05, 3.63) is 76.9 Å². The van der Waals surface area contributed by atoms with Gasteiger partial charge in [-0.15, -0.1) is 0 Å². The first-order valence-electron chi connectivity index (χ1n) is 9.75. The second-order valence-electron chi connectivity index (χ2n) is 6.96. The molecule has 8 heteroatoms. The predicted molar refractivity (Wildman–Crippen MR) is 121 cm³/mol. The van der Waals surface area contributed by atoms with E-state index in [4.69, 9.17) is 5.73 Å². The van der Waals surface area contributed by atoms with E-state index in [1.54, 1.807) is 19.2 Å². The van der Waals surface area contributed by atoms with Crippen molar-refractivity contribution in [3.8, 4) is 6.07 Å². The molecule has 1 aromatic carbocycles. The molecule has 0 atom stereocenters. The third kappa shape index (κ3) is 5.03. The Hall–Kier alpha value is -4.25. The molecule has 4 N–H and O–H groups in total. The monoisotopic (exact) mass is 413 g/mol. The van der Waals surface area contributed by atoms with E-state index in [0.717, 1.165) is 23.0 Å². The Kier molecular flexibility index (Phi) is 6.58. The molecule has 0 saturated heterocycles. The minimum Gasteiger partial charge on any atom is -0.400 e. The summed E-state index contributed by atoms with van der Waals surface area (Å²) >= 11 is 0. The number of anilines is 1. The number of pyridine rings is 1. The van der Waals surface area contributed by atoms with Gasteiger partial charge in [-0.05, 0) is 44.5 Å². The summed E-state index contributed by atoms with van der Waals surface area (Å²) in [4.78, 5) is 29.0. The van der Waals surface area contributed by atoms with Crippen molar-refractivity contribution in [1.82, 2.24) is 15.0 Å². The first-order chi connectivity index (χ1) is 14.9. The number of rotatable bonds is 6. The second-order valence-corrected chi connectivity index (χ2v) is 6.96. The van der Waals surface area contributed by atoms with Gasteiger partial charge in [0.2, 0.25) is 5.95 Å². The Balaban J connectivity index is 2.03. The van der Waals surface area contributed by atoms with Gasteiger partial charge in [-0.2, -0.15) is 5.26 Å². The first-order valence-corrected chi connectivity index (χ1v) is 9.75. The number of hydrogen-bond donors (Lipinski definition) is 3. The highest BCUT2D eigenvalue weighted by molar-refractivity contribution is 6.14. The van der Waals surface area contributed by atoms with Crippen LogP contribution in [-0.4, -0.2) is 26.6 Å². The molecule has 0 bridgehead atoms. The first kappa shape index (κ1) is 21.5. The number of nitrogens with zero attached hydrogens (tertiary/aromatic N) is 4. The van der Waals surface area contributed by atoms with Gasteiger partial charge in [-0.1, -0.05) is 24.6 Å². The molecule has 8 nitrogen and oxygen atoms in total. The van der Waals surface area contributed by atoms with Crippen LogP contribution in [0.15, 0.2) is 70.8 Å². The summed E-state index contributed by atoms with van der Waals surface area (Å²) in [6, 6.07) is 11.3. The number of fused-ring (bicyclic) bond motifs is 1. The highest BCUT2D eigenvalue weighted by Crippen LogP contribution is 2.17. The highest BCUT2D eigenvalue weighted by Gasteiger charge is 2.16. The number of aromatic amines is 1. The lowest BCUT2D eigenvalue weighted by atomic mass is 10.0. The fourth-order valence-corrected chi connectivity index (χ4v) is 2.83. The average molecular weight is 413 g/mol. The number of amides is 1. The van der Waals surface area contributed by atoms with E-state index >= 15 is 0 Å². The molecule has 0 spiro atoms. The summed E-state index contributed by atoms with van der Waals surface area (Å²) in [7, 11) is 0. The van der Waals surface area contributed by atoms with E-state index in [0.29, 0.717) is 22.8 Å². The van der Waals surface area contributed by atoms with Gasteiger partial charge in [0.05, 0.1) is 22.3 Å². The van der Waals surface area contributed by atoms with E-state index in [2.05, 4.69) is 31.3 Å². The van der Waals surface area contributed by atoms with Crippen LogP contribution in [0.4, 0.5) is 5.95 Å². The SMILES string of the molecule is CC/C(C)=C/C(=N/C(C(=O)Nc1nc2ccccc2[nH]1)=C(\C)N)c1ccncc1C#N. The van der Waals surface area contributed by atoms with Crippen molar-refractivity contribution < 1.29 is 4.79 Å². The summed E-state index contributed by atoms with van der Waals surface area (Å²) in [6.45, 7) is 5.57. The number of para-hydroxylation sites is 2. The van der Waals surface area contributed by atoms with E-state index in [1.807, 2.05) is 44.2 Å². The molecule has 0 aliphatic carbocycles. The van der Waals surface area contributed by atoms with Crippen molar-refractivity contribution in [2.75, 3.05) is 5.32 Å². The van der Waals surface area contributed by atoms with Crippen molar-refractivity contribution in [1.29, 1.82) is 5.26 Å². The van der Waals surface area contributed by atoms with Crippen LogP contribution in [0.3, 0.4) is 0 Å². The fourth-order valence-electron chi connectivity index (χ4n) is 2.83. The van der Waals surface area contributed by atoms with E-state index < -0.39 is 5.91 Å². The van der Waals surface area contributed by atoms with Gasteiger partial charge < -0.3 is 10.7 Å². The van der Waals surface area contributed by atoms with Gasteiger partial charge in [0, 0.05) is 23.7 Å². The molecule has 0 aliphatic heterocycles. The Morgan fingerprint density at radius 2 is 2.10 bits per heavy atom. The number of benzene rings is 1. The smallest absolute Gasteiger partial charge is 0.278 e. The summed E-state index contributed by atoms with van der Waals surface area (Å²) < 4.78 is 0. The van der Waals surface area contributed by atoms with Crippen molar-refractivity contribution in [2.24, 2.45) is 10.7 Å². The van der Waals surface area contributed by atoms with Crippen LogP contribution in [-0.2, 0) is 4.79 Å². The fraction of sp³-hybridized carbons (Fsp3) is 0.174. The quantitative estimate of drug-likeness (QED) is 0.417. The molecule has 3 aromatic rings. The zero-order chi connectivity index (χ0) is 22.4. The maximum absolute atomic E-state index is 13.0. The molecule has 2 heterocycles. The summed E-state index contributed by atoms with van der Waals surface area (Å²) in [5.74, 6) is -0.213. The lowest BCUT2D eigenvalue weighted by Gasteiger charge is -2.09. The molecule has 0 fully saturated rings. The van der Waals surface area contributed by atoms with Gasteiger partial charge in [0.25, 0.3) is 5.91 Å². The topological polar surface area (TPSA) is 133 Å². The highest BCUT2D eigenvalue weighted by atomic mass is 16.2. The zero-order valence-corrected chi connectivity index (χ0v) is 17.6. The molecule has 2 aromatic heterocycles. The maximum Gasteiger partial charge on any atom is 0.278 e. The van der Waals surface area contributed by atoms with Crippen molar-refractivity contribution >= 4 is 28.6 Å². The molecule has 0 saturated carbocycles. The number of H-pyrrole nitrogens is 1. The van der Waals surface area contributed by atoms with E-state index in [1.165, 1.54) is 6.20 Å². The molecule has 0 radical (unpaired) electrons. The summed E-state index contributed by atoms with van der Waals surface area (Å²) in [5, 5.41) is 12.2. The largest absolute Gasteiger partial charge is 0.400 e. The van der Waals surface area contributed by atoms with Gasteiger partial charge >= 0.3 is 0 Å². The standard InChI is InChI=1S/C23H23N7O/c1-4-14(2)11-20(17-9-10-26-13-16(17)12-24)27-21(15(3)25)22(31)30-23-28-18-7-5-6-8-19(18)29-23/h5-11,13H,4,25H2,1-3H3,(H2,28,29,30,31)/b14-11+,21-15+,27-20-. The Morgan fingerprint density at radius 3 is 2.77 bits per heavy atom. The second kappa shape index (κ2) is 9.50. The van der Waals surface area contributed by atoms with E-state index in [-0.39, 0.29) is 11.4 Å². The molecule has 31 heavy (non-hydrogen) atoms. The molecule has 156 valence electrons. The lowest BCUT2D eigenvalue weighted by Crippen LogP contribution is -2.19. The third-order valence-electron chi connectivity index (χ3n) is 4.60. The van der Waals surface area contributed by atoms with Crippen LogP contribution in [0.2, 0.25) is 0 Å². The van der Waals surface area contributed by atoms with Crippen LogP contribution < -0.4 is 11.1 Å². The van der Waals surface area contributed by atoms with Gasteiger partial charge in [-0.25, -0.2) is 9.98 Å². The minimum absolute atomic E-state index is 0.0383. The van der Waals surface area contributed by atoms with Crippen molar-refractivity contribution in [2.45, 2.75) is 27.2 Å². The van der Waals surface area contributed by atoms with Crippen molar-refractivity contribution in [3.63, 3.8) is 0 Å². The van der Waals surface area contributed by atoms with E-state index in [9.17, 15) is 10.1 Å². The average Bonchev–Trinajstić information content (AvgIpc) is 3.18. The van der Waals surface area contributed by atoms with Gasteiger partial charge in [0.15, 0.2) is 0 Å². The lowest BCUT2D eigenvalue weighted by molar-refractivity contribution is -0.113. The van der Waals surface area contributed by atoms with Gasteiger partial charge in [0.1, 0.15) is 11.8 Å². The number of carbonyl (C=O) groups is 1. The number of hydrogen-bond acceptors (Lipinski definition) is 6. The molecular weight excluding hydrogens is 390 g/mol. The molecule has 1 amide bonds. The van der Waals surface area contributed by atoms with Crippen LogP contribution in [0.25, 0.3) is 11.0 Å². The minimum atomic E-state index is -0.508. The number of nitrogens with two attached hydrogens (primary N) is 1. The number of aliphatic imine (C=N–C) groups is 1. The van der Waals surface area contributed by atoms with Crippen LogP contribution in [0.5, 0.6) is 0 Å². The Labute approximate surface area is 180 Å². The van der Waals surface area contributed by atoms with Crippen LogP contribution in [0.1, 0.15) is 38.3 Å². The molecular formula is C23H23N7O. The summed E-state index contributed by atoms with van der Waals surface area (Å²) in [6.07, 6.45) is 5.67. The van der Waals surface area contributed by atoms with Crippen LogP contribution in [0, 0.1) is 11.3 Å². The molecule has 3 rings (SSSR count). The zero-order valence-electron chi connectivity index (χ0n) is 17.6. The van der Waals surface area contributed by atoms with Crippen LogP contribution >= 0.6 is 0 Å². The van der Waals surface area contributed by atoms with Gasteiger partial charge in [-0.3, -0.25) is 15.1 Å². The summed E-state index contributed by atoms with van der Waals surface area (Å²) in [5.41, 5.74) is 10.2. The number of aromatic nitrogens is 3. The molecule has 0 aliphatic rings. The number of allylic oxidation sites excluding steroid dienone is 3. The normalized spacial score (nSPS) is 13.0. The third-order valence-corrected chi connectivity index (χ3v) is 4.60. The number of carbonyl (C=O) groups excluding carboxylic acids is 1. The number of nitrogens with one attached hydrogen (secondary N) is 2. The Morgan fingerprint density at radius 1 is 1.32 bits per heavy atom. The Bertz CT molecular complexity index is 1220.